The number of thiophene rings is 1. The van der Waals surface area contributed by atoms with Gasteiger partial charge in [0.1, 0.15) is 10.3 Å². The average molecular weight is 324 g/mol. The van der Waals surface area contributed by atoms with Crippen molar-refractivity contribution >= 4 is 44.3 Å². The summed E-state index contributed by atoms with van der Waals surface area (Å²) in [5.41, 5.74) is 0.322. The number of aromatic nitrogens is 1. The minimum absolute atomic E-state index is 0.146. The van der Waals surface area contributed by atoms with Gasteiger partial charge in [0.15, 0.2) is 0 Å². The molecule has 112 valence electrons. The van der Waals surface area contributed by atoms with Crippen molar-refractivity contribution in [3.63, 3.8) is 0 Å². The molecule has 7 heteroatoms. The highest BCUT2D eigenvalue weighted by atomic mass is 32.2. The van der Waals surface area contributed by atoms with Crippen LogP contribution in [0, 0.1) is 0 Å². The number of hydrogen-bond acceptors (Lipinski definition) is 5. The molecule has 0 radical (unpaired) electrons. The van der Waals surface area contributed by atoms with Gasteiger partial charge in [-0.3, -0.25) is 4.79 Å². The first-order valence-corrected chi connectivity index (χ1v) is 8.82. The van der Waals surface area contributed by atoms with E-state index in [1.807, 2.05) is 29.3 Å². The van der Waals surface area contributed by atoms with Crippen molar-refractivity contribution < 1.29 is 9.90 Å². The van der Waals surface area contributed by atoms with Crippen LogP contribution in [0.3, 0.4) is 0 Å². The topological polar surface area (TPSA) is 62.5 Å². The molecule has 1 aliphatic rings. The van der Waals surface area contributed by atoms with Gasteiger partial charge in [0, 0.05) is 37.3 Å². The lowest BCUT2D eigenvalue weighted by Crippen LogP contribution is -2.31. The smallest absolute Gasteiger partial charge is 0.341 e. The average Bonchev–Trinajstić information content (AvgIpc) is 2.94. The molecule has 0 unspecified atom stereocenters. The Kier molecular flexibility index (Phi) is 3.95. The van der Waals surface area contributed by atoms with E-state index in [4.69, 9.17) is 0 Å². The van der Waals surface area contributed by atoms with Crippen LogP contribution in [0.4, 0.5) is 5.00 Å². The molecule has 3 rings (SSSR count). The van der Waals surface area contributed by atoms with Crippen LogP contribution in [-0.4, -0.2) is 40.2 Å². The van der Waals surface area contributed by atoms with Crippen molar-refractivity contribution in [1.29, 1.82) is 0 Å². The molecule has 0 atom stereocenters. The van der Waals surface area contributed by atoms with Crippen molar-refractivity contribution in [2.75, 3.05) is 29.5 Å². The predicted molar refractivity (Wildman–Crippen MR) is 88.3 cm³/mol. The highest BCUT2D eigenvalue weighted by Gasteiger charge is 2.19. The number of carbonyl (C=O) groups is 1. The molecule has 1 fully saturated rings. The molecule has 0 bridgehead atoms. The first-order valence-electron chi connectivity index (χ1n) is 6.84. The molecule has 0 spiro atoms. The molecule has 2 aromatic heterocycles. The number of rotatable bonds is 3. The molecule has 3 heterocycles. The minimum Gasteiger partial charge on any atom is -0.477 e. The van der Waals surface area contributed by atoms with Crippen LogP contribution in [0.15, 0.2) is 17.1 Å². The lowest BCUT2D eigenvalue weighted by molar-refractivity contribution is 0.0695. The molecule has 5 nitrogen and oxygen atoms in total. The summed E-state index contributed by atoms with van der Waals surface area (Å²) in [6.07, 6.45) is 1.45. The Hall–Kier alpha value is -1.47. The van der Waals surface area contributed by atoms with E-state index in [0.717, 1.165) is 35.1 Å². The highest BCUT2D eigenvalue weighted by Crippen LogP contribution is 2.32. The molecule has 21 heavy (non-hydrogen) atoms. The fourth-order valence-corrected chi connectivity index (χ4v) is 4.58. The quantitative estimate of drug-likeness (QED) is 0.939. The third-order valence-corrected chi connectivity index (χ3v) is 5.76. The first-order chi connectivity index (χ1) is 10.1. The van der Waals surface area contributed by atoms with Crippen molar-refractivity contribution in [2.45, 2.75) is 13.5 Å². The zero-order valence-corrected chi connectivity index (χ0v) is 13.3. The number of carboxylic acid groups (broad SMARTS) is 1. The maximum absolute atomic E-state index is 12.3. The molecular formula is C14H16N2O3S2. The van der Waals surface area contributed by atoms with Gasteiger partial charge < -0.3 is 14.6 Å². The van der Waals surface area contributed by atoms with Crippen LogP contribution in [0.25, 0.3) is 10.2 Å². The van der Waals surface area contributed by atoms with Gasteiger partial charge in [-0.25, -0.2) is 4.79 Å². The summed E-state index contributed by atoms with van der Waals surface area (Å²) < 4.78 is 2.39. The third-order valence-electron chi connectivity index (χ3n) is 3.64. The second kappa shape index (κ2) is 5.73. The Balaban J connectivity index is 2.17. The Morgan fingerprint density at radius 3 is 2.71 bits per heavy atom. The predicted octanol–water partition coefficient (Wildman–Crippen LogP) is 2.33. The fraction of sp³-hybridized carbons (Fsp3) is 0.429. The molecule has 2 aromatic rings. The van der Waals surface area contributed by atoms with E-state index >= 15 is 0 Å². The number of hydrogen-bond donors (Lipinski definition) is 1. The van der Waals surface area contributed by atoms with Crippen molar-refractivity contribution in [1.82, 2.24) is 4.57 Å². The van der Waals surface area contributed by atoms with E-state index in [1.54, 1.807) is 0 Å². The molecule has 0 amide bonds. The van der Waals surface area contributed by atoms with Gasteiger partial charge in [-0.15, -0.1) is 11.3 Å². The van der Waals surface area contributed by atoms with E-state index in [9.17, 15) is 14.7 Å². The van der Waals surface area contributed by atoms with Gasteiger partial charge in [0.05, 0.1) is 10.5 Å². The summed E-state index contributed by atoms with van der Waals surface area (Å²) in [5.74, 6) is 1.02. The third kappa shape index (κ3) is 2.55. The number of aromatic carboxylic acids is 1. The van der Waals surface area contributed by atoms with E-state index in [2.05, 4.69) is 4.90 Å². The number of fused-ring (bicyclic) bond motifs is 1. The zero-order chi connectivity index (χ0) is 15.0. The molecular weight excluding hydrogens is 308 g/mol. The van der Waals surface area contributed by atoms with E-state index in [0.29, 0.717) is 11.2 Å². The maximum atomic E-state index is 12.3. The lowest BCUT2D eigenvalue weighted by atomic mass is 10.2. The van der Waals surface area contributed by atoms with E-state index in [1.165, 1.54) is 17.5 Å². The Labute approximate surface area is 130 Å². The lowest BCUT2D eigenvalue weighted by Gasteiger charge is -2.26. The molecule has 0 aliphatic carbocycles. The molecule has 1 N–H and O–H groups in total. The van der Waals surface area contributed by atoms with Crippen LogP contribution in [0.5, 0.6) is 0 Å². The van der Waals surface area contributed by atoms with E-state index < -0.39 is 5.97 Å². The summed E-state index contributed by atoms with van der Waals surface area (Å²) in [6, 6.07) is 2.02. The van der Waals surface area contributed by atoms with Gasteiger partial charge in [0.25, 0.3) is 0 Å². The standard InChI is InChI=1S/C14H16N2O3S2/c1-2-15-8-9(14(18)19)12(17)13-10(15)7-11(21-13)16-3-5-20-6-4-16/h7-8H,2-6H2,1H3,(H,18,19). The SMILES string of the molecule is CCn1cc(C(=O)O)c(=O)c2sc(N3CCSCC3)cc21. The fourth-order valence-electron chi connectivity index (χ4n) is 2.50. The second-order valence-electron chi connectivity index (χ2n) is 4.86. The summed E-state index contributed by atoms with van der Waals surface area (Å²) in [6.45, 7) is 4.54. The van der Waals surface area contributed by atoms with Crippen LogP contribution >= 0.6 is 23.1 Å². The van der Waals surface area contributed by atoms with Gasteiger partial charge in [-0.1, -0.05) is 0 Å². The van der Waals surface area contributed by atoms with E-state index in [-0.39, 0.29) is 11.0 Å². The van der Waals surface area contributed by atoms with Crippen molar-refractivity contribution in [3.8, 4) is 0 Å². The van der Waals surface area contributed by atoms with Crippen molar-refractivity contribution in [3.05, 3.63) is 28.0 Å². The van der Waals surface area contributed by atoms with Crippen LogP contribution < -0.4 is 10.3 Å². The second-order valence-corrected chi connectivity index (χ2v) is 7.12. The first kappa shape index (κ1) is 14.5. The number of aryl methyl sites for hydroxylation is 1. The number of nitrogens with zero attached hydrogens (tertiary/aromatic N) is 2. The molecule has 1 aliphatic heterocycles. The van der Waals surface area contributed by atoms with Gasteiger partial charge in [0.2, 0.25) is 5.43 Å². The Morgan fingerprint density at radius 2 is 2.10 bits per heavy atom. The van der Waals surface area contributed by atoms with Gasteiger partial charge in [-0.2, -0.15) is 11.8 Å². The largest absolute Gasteiger partial charge is 0.477 e. The van der Waals surface area contributed by atoms with Crippen molar-refractivity contribution in [2.24, 2.45) is 0 Å². The summed E-state index contributed by atoms with van der Waals surface area (Å²) in [4.78, 5) is 25.8. The van der Waals surface area contributed by atoms with Crippen LogP contribution in [-0.2, 0) is 6.54 Å². The zero-order valence-electron chi connectivity index (χ0n) is 11.7. The van der Waals surface area contributed by atoms with Gasteiger partial charge >= 0.3 is 5.97 Å². The Morgan fingerprint density at radius 1 is 1.38 bits per heavy atom. The summed E-state index contributed by atoms with van der Waals surface area (Å²) in [5, 5.41) is 10.2. The van der Waals surface area contributed by atoms with Gasteiger partial charge in [-0.05, 0) is 13.0 Å². The molecule has 0 saturated carbocycles. The highest BCUT2D eigenvalue weighted by molar-refractivity contribution is 7.99. The summed E-state index contributed by atoms with van der Waals surface area (Å²) >= 11 is 3.35. The number of pyridine rings is 1. The number of thioether (sulfide) groups is 1. The normalized spacial score (nSPS) is 15.6. The summed E-state index contributed by atoms with van der Waals surface area (Å²) in [7, 11) is 0. The minimum atomic E-state index is -1.16. The Bertz CT molecular complexity index is 744. The maximum Gasteiger partial charge on any atom is 0.341 e. The molecule has 1 saturated heterocycles. The monoisotopic (exact) mass is 324 g/mol. The van der Waals surface area contributed by atoms with Crippen LogP contribution in [0.1, 0.15) is 17.3 Å². The van der Waals surface area contributed by atoms with Crippen LogP contribution in [0.2, 0.25) is 0 Å². The number of carboxylic acids is 1. The number of anilines is 1. The molecule has 0 aromatic carbocycles.